The average Bonchev–Trinajstić information content (AvgIpc) is 2.70. The third-order valence-corrected chi connectivity index (χ3v) is 1.78. The van der Waals surface area contributed by atoms with Crippen LogP contribution in [-0.2, 0) is 4.84 Å². The van der Waals surface area contributed by atoms with E-state index in [1.807, 2.05) is 6.08 Å². The van der Waals surface area contributed by atoms with Crippen molar-refractivity contribution < 1.29 is 9.23 Å². The van der Waals surface area contributed by atoms with Crippen LogP contribution in [0.2, 0.25) is 0 Å². The number of rotatable bonds is 2. The maximum atomic E-state index is 12.5. The summed E-state index contributed by atoms with van der Waals surface area (Å²) in [5, 5.41) is 6.62. The molecule has 0 saturated heterocycles. The van der Waals surface area contributed by atoms with Gasteiger partial charge in [-0.1, -0.05) is 23.4 Å². The predicted octanol–water partition coefficient (Wildman–Crippen LogP) is 1.73. The molecular weight excluding hydrogens is 183 g/mol. The fourth-order valence-electron chi connectivity index (χ4n) is 1.08. The molecule has 72 valence electrons. The van der Waals surface area contributed by atoms with Crippen LogP contribution in [0.3, 0.4) is 0 Å². The molecule has 0 atom stereocenters. The van der Waals surface area contributed by atoms with Crippen LogP contribution in [0.4, 0.5) is 4.39 Å². The Morgan fingerprint density at radius 2 is 2.07 bits per heavy atom. The SMILES string of the molecule is Fc1ccc(/C=C/C2=NOCN2)cc1. The minimum Gasteiger partial charge on any atom is -0.372 e. The van der Waals surface area contributed by atoms with Gasteiger partial charge >= 0.3 is 0 Å². The van der Waals surface area contributed by atoms with Crippen LogP contribution in [-0.4, -0.2) is 12.6 Å². The van der Waals surface area contributed by atoms with Crippen LogP contribution in [0.25, 0.3) is 6.08 Å². The Morgan fingerprint density at radius 1 is 1.29 bits per heavy atom. The molecule has 1 aliphatic rings. The summed E-state index contributed by atoms with van der Waals surface area (Å²) in [6.07, 6.45) is 3.61. The van der Waals surface area contributed by atoms with E-state index in [4.69, 9.17) is 4.84 Å². The first-order valence-electron chi connectivity index (χ1n) is 4.22. The lowest BCUT2D eigenvalue weighted by molar-refractivity contribution is 0.164. The molecule has 1 aromatic rings. The molecule has 4 heteroatoms. The number of amidine groups is 1. The van der Waals surface area contributed by atoms with Crippen molar-refractivity contribution in [3.63, 3.8) is 0 Å². The first kappa shape index (κ1) is 8.74. The molecule has 0 fully saturated rings. The van der Waals surface area contributed by atoms with Gasteiger partial charge < -0.3 is 10.2 Å². The van der Waals surface area contributed by atoms with E-state index in [0.717, 1.165) is 5.56 Å². The second-order valence-electron chi connectivity index (χ2n) is 2.81. The zero-order valence-electron chi connectivity index (χ0n) is 7.40. The molecule has 0 radical (unpaired) electrons. The van der Waals surface area contributed by atoms with E-state index in [1.54, 1.807) is 18.2 Å². The van der Waals surface area contributed by atoms with E-state index in [1.165, 1.54) is 12.1 Å². The van der Waals surface area contributed by atoms with Crippen molar-refractivity contribution in [3.05, 3.63) is 41.7 Å². The minimum atomic E-state index is -0.234. The van der Waals surface area contributed by atoms with Gasteiger partial charge in [0.05, 0.1) is 0 Å². The van der Waals surface area contributed by atoms with Gasteiger partial charge in [-0.2, -0.15) is 0 Å². The van der Waals surface area contributed by atoms with Crippen LogP contribution in [0.1, 0.15) is 5.56 Å². The average molecular weight is 192 g/mol. The number of halogens is 1. The second kappa shape index (κ2) is 3.91. The zero-order chi connectivity index (χ0) is 9.80. The third kappa shape index (κ3) is 2.10. The van der Waals surface area contributed by atoms with Gasteiger partial charge in [-0.05, 0) is 23.8 Å². The summed E-state index contributed by atoms with van der Waals surface area (Å²) >= 11 is 0. The van der Waals surface area contributed by atoms with E-state index in [-0.39, 0.29) is 5.82 Å². The van der Waals surface area contributed by atoms with E-state index >= 15 is 0 Å². The number of hydrogen-bond acceptors (Lipinski definition) is 3. The van der Waals surface area contributed by atoms with E-state index in [0.29, 0.717) is 12.6 Å². The molecule has 0 aromatic heterocycles. The maximum absolute atomic E-state index is 12.5. The van der Waals surface area contributed by atoms with Crippen molar-refractivity contribution >= 4 is 11.9 Å². The summed E-state index contributed by atoms with van der Waals surface area (Å²) in [5.41, 5.74) is 0.919. The number of nitrogens with zero attached hydrogens (tertiary/aromatic N) is 1. The van der Waals surface area contributed by atoms with Gasteiger partial charge in [0.25, 0.3) is 0 Å². The molecular formula is C10H9FN2O. The molecule has 0 bridgehead atoms. The summed E-state index contributed by atoms with van der Waals surface area (Å²) in [6.45, 7) is 0.406. The molecule has 1 N–H and O–H groups in total. The third-order valence-electron chi connectivity index (χ3n) is 1.78. The van der Waals surface area contributed by atoms with Gasteiger partial charge in [0.1, 0.15) is 5.82 Å². The Hall–Kier alpha value is -1.84. The Balaban J connectivity index is 2.06. The van der Waals surface area contributed by atoms with Crippen LogP contribution in [0.15, 0.2) is 35.5 Å². The van der Waals surface area contributed by atoms with Crippen molar-refractivity contribution in [2.75, 3.05) is 6.73 Å². The molecule has 0 unspecified atom stereocenters. The fourth-order valence-corrected chi connectivity index (χ4v) is 1.08. The smallest absolute Gasteiger partial charge is 0.188 e. The second-order valence-corrected chi connectivity index (χ2v) is 2.81. The topological polar surface area (TPSA) is 33.6 Å². The summed E-state index contributed by atoms with van der Waals surface area (Å²) < 4.78 is 12.5. The summed E-state index contributed by atoms with van der Waals surface area (Å²) in [6, 6.07) is 6.23. The summed E-state index contributed by atoms with van der Waals surface area (Å²) in [7, 11) is 0. The van der Waals surface area contributed by atoms with Gasteiger partial charge in [-0.3, -0.25) is 0 Å². The summed E-state index contributed by atoms with van der Waals surface area (Å²) in [5.74, 6) is 0.441. The Morgan fingerprint density at radius 3 is 2.71 bits per heavy atom. The molecule has 0 saturated carbocycles. The Kier molecular flexibility index (Phi) is 2.44. The molecule has 1 aromatic carbocycles. The number of benzene rings is 1. The van der Waals surface area contributed by atoms with Crippen LogP contribution in [0, 0.1) is 5.82 Å². The molecule has 2 rings (SSSR count). The number of hydrogen-bond donors (Lipinski definition) is 1. The zero-order valence-corrected chi connectivity index (χ0v) is 7.40. The fraction of sp³-hybridized carbons (Fsp3) is 0.100. The monoisotopic (exact) mass is 192 g/mol. The van der Waals surface area contributed by atoms with Crippen molar-refractivity contribution in [2.24, 2.45) is 5.16 Å². The lowest BCUT2D eigenvalue weighted by Gasteiger charge is -1.92. The quantitative estimate of drug-likeness (QED) is 0.774. The van der Waals surface area contributed by atoms with Gasteiger partial charge in [-0.25, -0.2) is 4.39 Å². The predicted molar refractivity (Wildman–Crippen MR) is 52.0 cm³/mol. The minimum absolute atomic E-state index is 0.234. The van der Waals surface area contributed by atoms with Gasteiger partial charge in [0.15, 0.2) is 12.6 Å². The van der Waals surface area contributed by atoms with Crippen molar-refractivity contribution in [3.8, 4) is 0 Å². The number of oxime groups is 1. The van der Waals surface area contributed by atoms with Crippen molar-refractivity contribution in [1.29, 1.82) is 0 Å². The first-order valence-corrected chi connectivity index (χ1v) is 4.22. The molecule has 3 nitrogen and oxygen atoms in total. The van der Waals surface area contributed by atoms with Crippen LogP contribution >= 0.6 is 0 Å². The van der Waals surface area contributed by atoms with Crippen molar-refractivity contribution in [2.45, 2.75) is 0 Å². The molecule has 14 heavy (non-hydrogen) atoms. The lowest BCUT2D eigenvalue weighted by atomic mass is 10.2. The van der Waals surface area contributed by atoms with Crippen molar-refractivity contribution in [1.82, 2.24) is 5.32 Å². The summed E-state index contributed by atoms with van der Waals surface area (Å²) in [4.78, 5) is 4.73. The highest BCUT2D eigenvalue weighted by Crippen LogP contribution is 2.04. The largest absolute Gasteiger partial charge is 0.372 e. The molecule has 1 heterocycles. The van der Waals surface area contributed by atoms with E-state index < -0.39 is 0 Å². The molecule has 1 aliphatic heterocycles. The highest BCUT2D eigenvalue weighted by molar-refractivity contribution is 5.96. The van der Waals surface area contributed by atoms with E-state index in [2.05, 4.69) is 10.5 Å². The normalized spacial score (nSPS) is 15.1. The van der Waals surface area contributed by atoms with Crippen LogP contribution in [0.5, 0.6) is 0 Å². The standard InChI is InChI=1S/C10H9FN2O/c11-9-4-1-8(2-5-9)3-6-10-12-7-14-13-10/h1-6H,7H2,(H,12,13)/b6-3+. The highest BCUT2D eigenvalue weighted by atomic mass is 19.1. The molecule has 0 amide bonds. The van der Waals surface area contributed by atoms with E-state index in [9.17, 15) is 4.39 Å². The molecule has 0 spiro atoms. The van der Waals surface area contributed by atoms with Crippen LogP contribution < -0.4 is 5.32 Å². The molecule has 0 aliphatic carbocycles. The first-order chi connectivity index (χ1) is 6.84. The van der Waals surface area contributed by atoms with Gasteiger partial charge in [-0.15, -0.1) is 0 Å². The number of nitrogens with one attached hydrogen (secondary N) is 1. The van der Waals surface area contributed by atoms with Gasteiger partial charge in [0, 0.05) is 0 Å². The lowest BCUT2D eigenvalue weighted by Crippen LogP contribution is -2.15. The highest BCUT2D eigenvalue weighted by Gasteiger charge is 2.00. The maximum Gasteiger partial charge on any atom is 0.188 e. The Labute approximate surface area is 80.9 Å². The Bertz CT molecular complexity index is 370. The van der Waals surface area contributed by atoms with Gasteiger partial charge in [0.2, 0.25) is 0 Å².